The molecule has 1 saturated heterocycles. The first-order valence-electron chi connectivity index (χ1n) is 9.69. The van der Waals surface area contributed by atoms with Gasteiger partial charge in [0, 0.05) is 6.54 Å². The molecule has 1 aromatic rings. The van der Waals surface area contributed by atoms with Gasteiger partial charge in [0.1, 0.15) is 6.54 Å². The average Bonchev–Trinajstić information content (AvgIpc) is 2.98. The number of esters is 1. The number of nitrogens with one attached hydrogen (secondary N) is 2. The second-order valence-corrected chi connectivity index (χ2v) is 7.21. The van der Waals surface area contributed by atoms with Gasteiger partial charge in [-0.1, -0.05) is 42.5 Å². The smallest absolute Gasteiger partial charge is 0.326 e. The summed E-state index contributed by atoms with van der Waals surface area (Å²) in [7, 11) is 0. The molecule has 3 rings (SSSR count). The number of likely N-dealkylation sites (tertiary alicyclic amines) is 1. The quantitative estimate of drug-likeness (QED) is 0.406. The number of hydrogen-bond donors (Lipinski definition) is 2. The number of ether oxygens (including phenoxy) is 1. The van der Waals surface area contributed by atoms with Gasteiger partial charge in [-0.05, 0) is 25.3 Å². The van der Waals surface area contributed by atoms with E-state index in [-0.39, 0.29) is 6.54 Å². The highest BCUT2D eigenvalue weighted by atomic mass is 16.5. The number of allylic oxidation sites excluding steroid dienone is 2. The molecule has 9 nitrogen and oxygen atoms in total. The first kappa shape index (κ1) is 21.2. The first-order chi connectivity index (χ1) is 14.4. The first-order valence-corrected chi connectivity index (χ1v) is 9.69. The Morgan fingerprint density at radius 3 is 2.27 bits per heavy atom. The predicted molar refractivity (Wildman–Crippen MR) is 104 cm³/mol. The fourth-order valence-electron chi connectivity index (χ4n) is 3.48. The highest BCUT2D eigenvalue weighted by molar-refractivity contribution is 6.07. The van der Waals surface area contributed by atoms with Gasteiger partial charge in [-0.25, -0.2) is 4.79 Å². The molecule has 0 radical (unpaired) electrons. The minimum atomic E-state index is -1.27. The van der Waals surface area contributed by atoms with Crippen molar-refractivity contribution in [2.45, 2.75) is 32.4 Å². The van der Waals surface area contributed by atoms with E-state index >= 15 is 0 Å². The lowest BCUT2D eigenvalue weighted by molar-refractivity contribution is -0.159. The van der Waals surface area contributed by atoms with Gasteiger partial charge in [-0.2, -0.15) is 0 Å². The molecule has 2 N–H and O–H groups in total. The number of carbonyl (C=O) groups excluding carboxylic acids is 5. The van der Waals surface area contributed by atoms with Crippen molar-refractivity contribution in [3.63, 3.8) is 0 Å². The van der Waals surface area contributed by atoms with Crippen molar-refractivity contribution in [3.05, 3.63) is 48.0 Å². The Balaban J connectivity index is 1.44. The van der Waals surface area contributed by atoms with Crippen molar-refractivity contribution in [1.29, 1.82) is 0 Å². The maximum Gasteiger partial charge on any atom is 0.326 e. The summed E-state index contributed by atoms with van der Waals surface area (Å²) >= 11 is 0. The van der Waals surface area contributed by atoms with E-state index in [0.717, 1.165) is 10.5 Å². The lowest BCUT2D eigenvalue weighted by atomic mass is 9.85. The molecule has 30 heavy (non-hydrogen) atoms. The van der Waals surface area contributed by atoms with E-state index in [1.165, 1.54) is 6.92 Å². The zero-order chi connectivity index (χ0) is 21.7. The van der Waals surface area contributed by atoms with Crippen molar-refractivity contribution >= 4 is 29.7 Å². The third-order valence-corrected chi connectivity index (χ3v) is 5.10. The van der Waals surface area contributed by atoms with Crippen LogP contribution in [0, 0.1) is 11.8 Å². The molecule has 0 spiro atoms. The fraction of sp³-hybridized carbons (Fsp3) is 0.381. The van der Waals surface area contributed by atoms with Crippen LogP contribution in [0.1, 0.15) is 25.3 Å². The third-order valence-electron chi connectivity index (χ3n) is 5.10. The SMILES string of the molecule is C[C@H](OC(=O)CN1C(=O)[C@H]2CC=CC[C@H]2C1=O)C(=O)NC(=O)NCc1ccccc1. The van der Waals surface area contributed by atoms with Crippen LogP contribution in [0.2, 0.25) is 0 Å². The summed E-state index contributed by atoms with van der Waals surface area (Å²) in [5.41, 5.74) is 0.857. The van der Waals surface area contributed by atoms with Gasteiger partial charge in [0.25, 0.3) is 5.91 Å². The van der Waals surface area contributed by atoms with Crippen molar-refractivity contribution in [1.82, 2.24) is 15.5 Å². The zero-order valence-electron chi connectivity index (χ0n) is 16.5. The molecule has 158 valence electrons. The zero-order valence-corrected chi connectivity index (χ0v) is 16.5. The second-order valence-electron chi connectivity index (χ2n) is 7.21. The van der Waals surface area contributed by atoms with E-state index in [0.29, 0.717) is 12.8 Å². The van der Waals surface area contributed by atoms with Gasteiger partial charge in [0.05, 0.1) is 11.8 Å². The lowest BCUT2D eigenvalue weighted by Gasteiger charge is -2.17. The second kappa shape index (κ2) is 9.34. The molecular formula is C21H23N3O6. The molecule has 0 aromatic heterocycles. The minimum absolute atomic E-state index is 0.227. The van der Waals surface area contributed by atoms with Crippen molar-refractivity contribution in [2.75, 3.05) is 6.54 Å². The van der Waals surface area contributed by atoms with Crippen LogP contribution >= 0.6 is 0 Å². The number of fused-ring (bicyclic) bond motifs is 1. The van der Waals surface area contributed by atoms with Crippen LogP contribution in [0.4, 0.5) is 4.79 Å². The van der Waals surface area contributed by atoms with Crippen LogP contribution < -0.4 is 10.6 Å². The van der Waals surface area contributed by atoms with E-state index in [1.807, 2.05) is 42.5 Å². The van der Waals surface area contributed by atoms with E-state index in [9.17, 15) is 24.0 Å². The molecule has 2 aliphatic rings. The molecule has 1 aliphatic carbocycles. The summed E-state index contributed by atoms with van der Waals surface area (Å²) in [5.74, 6) is -3.39. The Morgan fingerprint density at radius 2 is 1.67 bits per heavy atom. The number of amides is 5. The van der Waals surface area contributed by atoms with Gasteiger partial charge in [-0.3, -0.25) is 29.4 Å². The monoisotopic (exact) mass is 413 g/mol. The number of urea groups is 1. The summed E-state index contributed by atoms with van der Waals surface area (Å²) in [6.45, 7) is 0.974. The van der Waals surface area contributed by atoms with E-state index in [4.69, 9.17) is 4.74 Å². The number of imide groups is 2. The average molecular weight is 413 g/mol. The van der Waals surface area contributed by atoms with Crippen molar-refractivity contribution < 1.29 is 28.7 Å². The Morgan fingerprint density at radius 1 is 1.07 bits per heavy atom. The van der Waals surface area contributed by atoms with Gasteiger partial charge in [0.2, 0.25) is 11.8 Å². The number of hydrogen-bond acceptors (Lipinski definition) is 6. The summed E-state index contributed by atoms with van der Waals surface area (Å²) < 4.78 is 5.00. The highest BCUT2D eigenvalue weighted by Crippen LogP contribution is 2.34. The largest absolute Gasteiger partial charge is 0.451 e. The minimum Gasteiger partial charge on any atom is -0.451 e. The standard InChI is InChI=1S/C21H23N3O6/c1-13(18(26)23-21(29)22-11-14-7-3-2-4-8-14)30-17(25)12-24-19(27)15-9-5-6-10-16(15)20(24)28/h2-8,13,15-16H,9-12H2,1H3,(H2,22,23,26,29)/t13-,15-,16+/m0/s1. The van der Waals surface area contributed by atoms with Crippen LogP contribution in [-0.4, -0.2) is 47.3 Å². The molecular weight excluding hydrogens is 390 g/mol. The Kier molecular flexibility index (Phi) is 6.61. The van der Waals surface area contributed by atoms with Crippen LogP contribution in [0.25, 0.3) is 0 Å². The number of nitrogens with zero attached hydrogens (tertiary/aromatic N) is 1. The van der Waals surface area contributed by atoms with Crippen molar-refractivity contribution in [3.8, 4) is 0 Å². The molecule has 0 unspecified atom stereocenters. The van der Waals surface area contributed by atoms with Gasteiger partial charge in [0.15, 0.2) is 6.10 Å². The molecule has 1 heterocycles. The summed E-state index contributed by atoms with van der Waals surface area (Å²) in [5, 5.41) is 4.61. The normalized spacial score (nSPS) is 21.0. The molecule has 1 aromatic carbocycles. The lowest BCUT2D eigenvalue weighted by Crippen LogP contribution is -2.45. The third kappa shape index (κ3) is 4.91. The molecule has 9 heteroatoms. The summed E-state index contributed by atoms with van der Waals surface area (Å²) in [6.07, 6.45) is 3.37. The van der Waals surface area contributed by atoms with Gasteiger partial charge in [-0.15, -0.1) is 0 Å². The molecule has 5 amide bonds. The van der Waals surface area contributed by atoms with Crippen molar-refractivity contribution in [2.24, 2.45) is 11.8 Å². The number of carbonyl (C=O) groups is 5. The maximum atomic E-state index is 12.4. The molecule has 0 bridgehead atoms. The van der Waals surface area contributed by atoms with Gasteiger partial charge >= 0.3 is 12.0 Å². The molecule has 0 saturated carbocycles. The Hall–Kier alpha value is -3.49. The van der Waals surface area contributed by atoms with Crippen LogP contribution in [0.5, 0.6) is 0 Å². The summed E-state index contributed by atoms with van der Waals surface area (Å²) in [4.78, 5) is 61.7. The molecule has 3 atom stereocenters. The van der Waals surface area contributed by atoms with E-state index in [1.54, 1.807) is 0 Å². The van der Waals surface area contributed by atoms with Crippen LogP contribution in [-0.2, 0) is 30.5 Å². The van der Waals surface area contributed by atoms with Gasteiger partial charge < -0.3 is 10.1 Å². The van der Waals surface area contributed by atoms with E-state index in [2.05, 4.69) is 10.6 Å². The van der Waals surface area contributed by atoms with Crippen LogP contribution in [0.15, 0.2) is 42.5 Å². The van der Waals surface area contributed by atoms with Crippen LogP contribution in [0.3, 0.4) is 0 Å². The number of benzene rings is 1. The number of rotatable bonds is 6. The molecule has 1 aliphatic heterocycles. The molecule has 1 fully saturated rings. The predicted octanol–water partition coefficient (Wildman–Crippen LogP) is 0.895. The highest BCUT2D eigenvalue weighted by Gasteiger charge is 2.47. The summed E-state index contributed by atoms with van der Waals surface area (Å²) in [6, 6.07) is 8.40. The van der Waals surface area contributed by atoms with E-state index < -0.39 is 54.2 Å². The fourth-order valence-corrected chi connectivity index (χ4v) is 3.48. The topological polar surface area (TPSA) is 122 Å². The Labute approximate surface area is 173 Å². The maximum absolute atomic E-state index is 12.4. The Bertz CT molecular complexity index is 856.